The van der Waals surface area contributed by atoms with E-state index in [9.17, 15) is 13.2 Å². The first-order chi connectivity index (χ1) is 13.9. The van der Waals surface area contributed by atoms with Crippen molar-refractivity contribution in [1.29, 1.82) is 0 Å². The summed E-state index contributed by atoms with van der Waals surface area (Å²) in [7, 11) is -3.21. The van der Waals surface area contributed by atoms with E-state index in [1.165, 1.54) is 10.6 Å². The van der Waals surface area contributed by atoms with Crippen molar-refractivity contribution < 1.29 is 17.6 Å². The fourth-order valence-corrected chi connectivity index (χ4v) is 4.69. The summed E-state index contributed by atoms with van der Waals surface area (Å²) in [5.74, 6) is 0.385. The first-order valence-electron chi connectivity index (χ1n) is 9.71. The Morgan fingerprint density at radius 3 is 2.38 bits per heavy atom. The molecule has 0 radical (unpaired) electrons. The van der Waals surface area contributed by atoms with Gasteiger partial charge in [-0.1, -0.05) is 48.5 Å². The monoisotopic (exact) mass is 412 g/mol. The molecule has 152 valence electrons. The van der Waals surface area contributed by atoms with E-state index in [2.05, 4.69) is 5.32 Å². The van der Waals surface area contributed by atoms with E-state index in [-0.39, 0.29) is 11.8 Å². The van der Waals surface area contributed by atoms with E-state index in [1.54, 1.807) is 0 Å². The Balaban J connectivity index is 1.55. The summed E-state index contributed by atoms with van der Waals surface area (Å²) in [6.07, 6.45) is 2.24. The van der Waals surface area contributed by atoms with Gasteiger partial charge < -0.3 is 9.73 Å². The minimum Gasteiger partial charge on any atom is -0.459 e. The molecule has 7 heteroatoms. The third kappa shape index (κ3) is 4.36. The second-order valence-electron chi connectivity index (χ2n) is 7.48. The quantitative estimate of drug-likeness (QED) is 0.697. The van der Waals surface area contributed by atoms with Crippen LogP contribution < -0.4 is 5.32 Å². The Bertz CT molecular complexity index is 1070. The van der Waals surface area contributed by atoms with Crippen LogP contribution >= 0.6 is 0 Å². The number of hydrogen-bond acceptors (Lipinski definition) is 4. The van der Waals surface area contributed by atoms with Crippen LogP contribution in [0.2, 0.25) is 0 Å². The van der Waals surface area contributed by atoms with Crippen LogP contribution in [0.4, 0.5) is 0 Å². The van der Waals surface area contributed by atoms with Crippen LogP contribution in [0.15, 0.2) is 65.1 Å². The molecule has 3 aromatic rings. The molecular weight excluding hydrogens is 388 g/mol. The average molecular weight is 413 g/mol. The van der Waals surface area contributed by atoms with Gasteiger partial charge in [0, 0.05) is 24.4 Å². The third-order valence-electron chi connectivity index (χ3n) is 5.44. The number of para-hydroxylation sites is 1. The van der Waals surface area contributed by atoms with Crippen molar-refractivity contribution >= 4 is 26.9 Å². The normalized spacial score (nSPS) is 17.3. The van der Waals surface area contributed by atoms with E-state index in [1.807, 2.05) is 60.7 Å². The van der Waals surface area contributed by atoms with Crippen LogP contribution in [0.5, 0.6) is 0 Å². The van der Waals surface area contributed by atoms with Crippen molar-refractivity contribution in [2.45, 2.75) is 18.9 Å². The maximum atomic E-state index is 13.0. The van der Waals surface area contributed by atoms with Gasteiger partial charge in [0.2, 0.25) is 15.9 Å². The van der Waals surface area contributed by atoms with Gasteiger partial charge in [0.1, 0.15) is 17.4 Å². The number of fused-ring (bicyclic) bond motifs is 1. The number of piperidine rings is 1. The third-order valence-corrected chi connectivity index (χ3v) is 6.75. The van der Waals surface area contributed by atoms with Crippen LogP contribution in [0.3, 0.4) is 0 Å². The minimum atomic E-state index is -3.21. The van der Waals surface area contributed by atoms with Crippen molar-refractivity contribution in [3.05, 3.63) is 72.0 Å². The van der Waals surface area contributed by atoms with Gasteiger partial charge in [0.25, 0.3) is 0 Å². The lowest BCUT2D eigenvalue weighted by molar-refractivity contribution is -0.126. The average Bonchev–Trinajstić information content (AvgIpc) is 3.16. The molecule has 4 rings (SSSR count). The highest BCUT2D eigenvalue weighted by Gasteiger charge is 2.31. The summed E-state index contributed by atoms with van der Waals surface area (Å²) >= 11 is 0. The van der Waals surface area contributed by atoms with E-state index < -0.39 is 16.1 Å². The van der Waals surface area contributed by atoms with Crippen molar-refractivity contribution in [1.82, 2.24) is 9.62 Å². The van der Waals surface area contributed by atoms with Gasteiger partial charge >= 0.3 is 0 Å². The lowest BCUT2D eigenvalue weighted by atomic mass is 9.95. The van der Waals surface area contributed by atoms with Gasteiger partial charge in [-0.05, 0) is 30.5 Å². The molecule has 1 unspecified atom stereocenters. The lowest BCUT2D eigenvalue weighted by Crippen LogP contribution is -2.43. The number of furan rings is 1. The fraction of sp³-hybridized carbons (Fsp3) is 0.318. The van der Waals surface area contributed by atoms with Gasteiger partial charge in [-0.25, -0.2) is 12.7 Å². The molecule has 0 spiro atoms. The Morgan fingerprint density at radius 2 is 1.72 bits per heavy atom. The summed E-state index contributed by atoms with van der Waals surface area (Å²) in [5.41, 5.74) is 1.72. The molecule has 2 heterocycles. The number of carbonyl (C=O) groups excluding carboxylic acids is 1. The Hall–Kier alpha value is -2.64. The number of hydrogen-bond donors (Lipinski definition) is 1. The zero-order valence-corrected chi connectivity index (χ0v) is 17.1. The molecule has 1 aromatic heterocycles. The summed E-state index contributed by atoms with van der Waals surface area (Å²) in [4.78, 5) is 13.0. The van der Waals surface area contributed by atoms with Crippen molar-refractivity contribution in [3.63, 3.8) is 0 Å². The van der Waals surface area contributed by atoms with E-state index >= 15 is 0 Å². The highest BCUT2D eigenvalue weighted by molar-refractivity contribution is 7.88. The summed E-state index contributed by atoms with van der Waals surface area (Å²) < 4.78 is 30.9. The number of amides is 1. The van der Waals surface area contributed by atoms with E-state index in [0.717, 1.165) is 16.5 Å². The standard InChI is InChI=1S/C22H24N2O4S/c1-29(26,27)24-13-11-17(12-14-24)22(25)23-21(16-7-3-2-4-8-16)20-15-18-9-5-6-10-19(18)28-20/h2-10,15,17,21H,11-14H2,1H3,(H,23,25). The molecule has 0 aliphatic carbocycles. The Morgan fingerprint density at radius 1 is 1.07 bits per heavy atom. The van der Waals surface area contributed by atoms with Crippen LogP contribution in [0, 0.1) is 5.92 Å². The van der Waals surface area contributed by atoms with Gasteiger partial charge in [-0.3, -0.25) is 4.79 Å². The summed E-state index contributed by atoms with van der Waals surface area (Å²) in [6.45, 7) is 0.745. The highest BCUT2D eigenvalue weighted by Crippen LogP contribution is 2.29. The zero-order chi connectivity index (χ0) is 20.4. The van der Waals surface area contributed by atoms with Gasteiger partial charge in [-0.2, -0.15) is 0 Å². The molecule has 1 atom stereocenters. The SMILES string of the molecule is CS(=O)(=O)N1CCC(C(=O)NC(c2ccccc2)c2cc3ccccc3o2)CC1. The first-order valence-corrected chi connectivity index (χ1v) is 11.6. The predicted octanol–water partition coefficient (Wildman–Crippen LogP) is 3.31. The second-order valence-corrected chi connectivity index (χ2v) is 9.46. The van der Waals surface area contributed by atoms with Crippen molar-refractivity contribution in [2.75, 3.05) is 19.3 Å². The molecule has 1 saturated heterocycles. The molecule has 1 aliphatic heterocycles. The number of nitrogens with zero attached hydrogens (tertiary/aromatic N) is 1. The zero-order valence-electron chi connectivity index (χ0n) is 16.2. The molecule has 6 nitrogen and oxygen atoms in total. The Kier molecular flexibility index (Phi) is 5.43. The van der Waals surface area contributed by atoms with E-state index in [4.69, 9.17) is 4.42 Å². The smallest absolute Gasteiger partial charge is 0.224 e. The summed E-state index contributed by atoms with van der Waals surface area (Å²) in [5, 5.41) is 4.12. The summed E-state index contributed by atoms with van der Waals surface area (Å²) in [6, 6.07) is 19.0. The number of sulfonamides is 1. The molecule has 2 aromatic carbocycles. The molecule has 29 heavy (non-hydrogen) atoms. The maximum absolute atomic E-state index is 13.0. The van der Waals surface area contributed by atoms with Crippen molar-refractivity contribution in [3.8, 4) is 0 Å². The molecular formula is C22H24N2O4S. The van der Waals surface area contributed by atoms with Gasteiger partial charge in [-0.15, -0.1) is 0 Å². The van der Waals surface area contributed by atoms with Crippen LogP contribution in [0.25, 0.3) is 11.0 Å². The van der Waals surface area contributed by atoms with Crippen LogP contribution in [-0.4, -0.2) is 38.0 Å². The highest BCUT2D eigenvalue weighted by atomic mass is 32.2. The van der Waals surface area contributed by atoms with Gasteiger partial charge in [0.15, 0.2) is 0 Å². The van der Waals surface area contributed by atoms with Crippen LogP contribution in [0.1, 0.15) is 30.2 Å². The molecule has 1 amide bonds. The number of carbonyl (C=O) groups is 1. The fourth-order valence-electron chi connectivity index (χ4n) is 3.82. The minimum absolute atomic E-state index is 0.0764. The molecule has 0 bridgehead atoms. The predicted molar refractivity (Wildman–Crippen MR) is 112 cm³/mol. The number of benzene rings is 2. The largest absolute Gasteiger partial charge is 0.459 e. The topological polar surface area (TPSA) is 79.6 Å². The maximum Gasteiger partial charge on any atom is 0.224 e. The molecule has 1 aliphatic rings. The van der Waals surface area contributed by atoms with Gasteiger partial charge in [0.05, 0.1) is 6.26 Å². The second kappa shape index (κ2) is 8.00. The van der Waals surface area contributed by atoms with E-state index in [0.29, 0.717) is 31.7 Å². The molecule has 1 N–H and O–H groups in total. The lowest BCUT2D eigenvalue weighted by Gasteiger charge is -2.30. The van der Waals surface area contributed by atoms with Crippen LogP contribution in [-0.2, 0) is 14.8 Å². The molecule has 1 fully saturated rings. The Labute approximate surface area is 170 Å². The first kappa shape index (κ1) is 19.7. The number of rotatable bonds is 5. The molecule has 0 saturated carbocycles. The van der Waals surface area contributed by atoms with Crippen molar-refractivity contribution in [2.24, 2.45) is 5.92 Å². The number of nitrogens with one attached hydrogen (secondary N) is 1.